The van der Waals surface area contributed by atoms with Crippen molar-refractivity contribution in [1.29, 1.82) is 0 Å². The van der Waals surface area contributed by atoms with Crippen LogP contribution in [0.25, 0.3) is 22.7 Å². The molecule has 3 heterocycles. The molecule has 27 heavy (non-hydrogen) atoms. The summed E-state index contributed by atoms with van der Waals surface area (Å²) in [5.74, 6) is 1.03. The zero-order valence-electron chi connectivity index (χ0n) is 14.2. The second-order valence-corrected chi connectivity index (χ2v) is 6.37. The molecule has 0 bridgehead atoms. The molecule has 1 fully saturated rings. The minimum Gasteiger partial charge on any atom is -0.368 e. The van der Waals surface area contributed by atoms with Gasteiger partial charge in [0.2, 0.25) is 11.9 Å². The van der Waals surface area contributed by atoms with E-state index in [0.29, 0.717) is 34.7 Å². The first-order valence-corrected chi connectivity index (χ1v) is 8.54. The van der Waals surface area contributed by atoms with Crippen LogP contribution in [0.15, 0.2) is 42.7 Å². The van der Waals surface area contributed by atoms with Gasteiger partial charge in [-0.05, 0) is 43.2 Å². The second-order valence-electron chi connectivity index (χ2n) is 6.37. The second kappa shape index (κ2) is 5.97. The van der Waals surface area contributed by atoms with Crippen molar-refractivity contribution in [2.45, 2.75) is 18.9 Å². The lowest BCUT2D eigenvalue weighted by Gasteiger charge is -2.08. The smallest absolute Gasteiger partial charge is 0.229 e. The Kier molecular flexibility index (Phi) is 3.46. The number of nitrogens with one attached hydrogen (secondary N) is 1. The molecule has 0 aliphatic heterocycles. The van der Waals surface area contributed by atoms with Crippen LogP contribution in [0.1, 0.15) is 18.9 Å². The number of nitrogens with two attached hydrogens (primary N) is 1. The van der Waals surface area contributed by atoms with Crippen LogP contribution in [0.4, 0.5) is 22.0 Å². The number of halogens is 1. The Bertz CT molecular complexity index is 1130. The van der Waals surface area contributed by atoms with Gasteiger partial charge in [0, 0.05) is 17.9 Å². The molecular weight excluding hydrogens is 347 g/mol. The summed E-state index contributed by atoms with van der Waals surface area (Å²) in [6.45, 7) is 0. The maximum absolute atomic E-state index is 13.1. The molecule has 0 saturated heterocycles. The molecule has 9 heteroatoms. The van der Waals surface area contributed by atoms with Crippen LogP contribution in [0.2, 0.25) is 0 Å². The van der Waals surface area contributed by atoms with E-state index in [2.05, 4.69) is 34.8 Å². The molecule has 0 spiro atoms. The normalized spacial score (nSPS) is 13.8. The van der Waals surface area contributed by atoms with Crippen molar-refractivity contribution < 1.29 is 4.39 Å². The third kappa shape index (κ3) is 2.92. The van der Waals surface area contributed by atoms with Gasteiger partial charge < -0.3 is 15.6 Å². The Morgan fingerprint density at radius 1 is 1.04 bits per heavy atom. The quantitative estimate of drug-likeness (QED) is 0.574. The van der Waals surface area contributed by atoms with Gasteiger partial charge in [0.05, 0.1) is 6.20 Å². The molecule has 0 amide bonds. The number of benzene rings is 1. The Labute approximate surface area is 153 Å². The van der Waals surface area contributed by atoms with Gasteiger partial charge in [-0.25, -0.2) is 24.3 Å². The average molecular weight is 362 g/mol. The molecule has 0 unspecified atom stereocenters. The third-order valence-corrected chi connectivity index (χ3v) is 4.35. The zero-order valence-corrected chi connectivity index (χ0v) is 14.2. The van der Waals surface area contributed by atoms with Crippen molar-refractivity contribution in [2.75, 3.05) is 11.1 Å². The van der Waals surface area contributed by atoms with E-state index in [0.717, 1.165) is 18.5 Å². The van der Waals surface area contributed by atoms with Crippen LogP contribution in [0, 0.1) is 5.82 Å². The topological polar surface area (TPSA) is 107 Å². The number of rotatable bonds is 4. The minimum absolute atomic E-state index is 0.201. The highest BCUT2D eigenvalue weighted by atomic mass is 19.1. The first-order chi connectivity index (χ1) is 13.2. The SMILES string of the molecule is Nc1nccc(-c2nc3cnc(Nc4ccc(F)cc4)nc3n2C2CC2)n1. The molecule has 8 nitrogen and oxygen atoms in total. The van der Waals surface area contributed by atoms with E-state index in [1.165, 1.54) is 12.1 Å². The fourth-order valence-corrected chi connectivity index (χ4v) is 2.97. The number of nitrogen functional groups attached to an aromatic ring is 1. The van der Waals surface area contributed by atoms with Crippen molar-refractivity contribution in [3.63, 3.8) is 0 Å². The molecule has 3 aromatic heterocycles. The van der Waals surface area contributed by atoms with Crippen LogP contribution >= 0.6 is 0 Å². The molecule has 1 aromatic carbocycles. The maximum atomic E-state index is 13.1. The van der Waals surface area contributed by atoms with Crippen LogP contribution in [-0.2, 0) is 0 Å². The molecule has 1 saturated carbocycles. The van der Waals surface area contributed by atoms with E-state index in [4.69, 9.17) is 5.73 Å². The van der Waals surface area contributed by atoms with Crippen LogP contribution in [0.3, 0.4) is 0 Å². The number of aromatic nitrogens is 6. The van der Waals surface area contributed by atoms with Crippen molar-refractivity contribution in [2.24, 2.45) is 0 Å². The van der Waals surface area contributed by atoms with E-state index in [-0.39, 0.29) is 11.8 Å². The van der Waals surface area contributed by atoms with Crippen molar-refractivity contribution in [1.82, 2.24) is 29.5 Å². The van der Waals surface area contributed by atoms with E-state index in [1.807, 2.05) is 0 Å². The van der Waals surface area contributed by atoms with Gasteiger partial charge in [-0.15, -0.1) is 0 Å². The van der Waals surface area contributed by atoms with Gasteiger partial charge in [-0.3, -0.25) is 0 Å². The molecule has 0 radical (unpaired) electrons. The van der Waals surface area contributed by atoms with Gasteiger partial charge in [0.25, 0.3) is 0 Å². The Morgan fingerprint density at radius 3 is 2.59 bits per heavy atom. The van der Waals surface area contributed by atoms with E-state index < -0.39 is 0 Å². The van der Waals surface area contributed by atoms with Crippen molar-refractivity contribution >= 4 is 28.7 Å². The first kappa shape index (κ1) is 15.6. The number of hydrogen-bond donors (Lipinski definition) is 2. The largest absolute Gasteiger partial charge is 0.368 e. The highest BCUT2D eigenvalue weighted by Gasteiger charge is 2.30. The fourth-order valence-electron chi connectivity index (χ4n) is 2.97. The van der Waals surface area contributed by atoms with Crippen LogP contribution in [0.5, 0.6) is 0 Å². The summed E-state index contributed by atoms with van der Waals surface area (Å²) < 4.78 is 15.2. The predicted molar refractivity (Wildman–Crippen MR) is 98.7 cm³/mol. The van der Waals surface area contributed by atoms with Gasteiger partial charge in [-0.2, -0.15) is 4.98 Å². The van der Waals surface area contributed by atoms with E-state index in [1.54, 1.807) is 30.6 Å². The standard InChI is InChI=1S/C18H15FN8/c19-10-1-3-11(4-2-10)23-18-22-9-14-16(26-18)27(12-5-6-12)15(24-14)13-7-8-21-17(20)25-13/h1-4,7-9,12H,5-6H2,(H2,20,21,25)(H,22,23,26). The number of nitrogens with zero attached hydrogens (tertiary/aromatic N) is 6. The summed E-state index contributed by atoms with van der Waals surface area (Å²) in [4.78, 5) is 21.8. The molecule has 0 atom stereocenters. The van der Waals surface area contributed by atoms with Crippen molar-refractivity contribution in [3.05, 3.63) is 48.5 Å². The number of imidazole rings is 1. The Hall–Kier alpha value is -3.62. The monoisotopic (exact) mass is 362 g/mol. The molecule has 1 aliphatic carbocycles. The minimum atomic E-state index is -0.294. The lowest BCUT2D eigenvalue weighted by atomic mass is 10.3. The highest BCUT2D eigenvalue weighted by molar-refractivity contribution is 5.77. The highest BCUT2D eigenvalue weighted by Crippen LogP contribution is 2.40. The maximum Gasteiger partial charge on any atom is 0.229 e. The molecular formula is C18H15FN8. The molecule has 3 N–H and O–H groups in total. The summed E-state index contributed by atoms with van der Waals surface area (Å²) in [7, 11) is 0. The fraction of sp³-hybridized carbons (Fsp3) is 0.167. The summed E-state index contributed by atoms with van der Waals surface area (Å²) in [6, 6.07) is 8.14. The summed E-state index contributed by atoms with van der Waals surface area (Å²) in [6.07, 6.45) is 5.40. The van der Waals surface area contributed by atoms with E-state index >= 15 is 0 Å². The summed E-state index contributed by atoms with van der Waals surface area (Å²) in [5.41, 5.74) is 8.49. The predicted octanol–water partition coefficient (Wildman–Crippen LogP) is 3.08. The molecule has 4 aromatic rings. The van der Waals surface area contributed by atoms with Crippen LogP contribution in [-0.4, -0.2) is 29.5 Å². The summed E-state index contributed by atoms with van der Waals surface area (Å²) in [5, 5.41) is 3.09. The number of fused-ring (bicyclic) bond motifs is 1. The van der Waals surface area contributed by atoms with E-state index in [9.17, 15) is 4.39 Å². The lowest BCUT2D eigenvalue weighted by molar-refractivity contribution is 0.628. The first-order valence-electron chi connectivity index (χ1n) is 8.54. The summed E-state index contributed by atoms with van der Waals surface area (Å²) >= 11 is 0. The molecule has 134 valence electrons. The van der Waals surface area contributed by atoms with Crippen LogP contribution < -0.4 is 11.1 Å². The molecule has 1 aliphatic rings. The molecule has 5 rings (SSSR count). The number of anilines is 3. The third-order valence-electron chi connectivity index (χ3n) is 4.35. The van der Waals surface area contributed by atoms with Gasteiger partial charge >= 0.3 is 0 Å². The zero-order chi connectivity index (χ0) is 18.4. The Morgan fingerprint density at radius 2 is 1.85 bits per heavy atom. The van der Waals surface area contributed by atoms with Gasteiger partial charge in [0.1, 0.15) is 17.0 Å². The average Bonchev–Trinajstić information content (AvgIpc) is 3.43. The van der Waals surface area contributed by atoms with Gasteiger partial charge in [0.15, 0.2) is 11.5 Å². The van der Waals surface area contributed by atoms with Crippen molar-refractivity contribution in [3.8, 4) is 11.5 Å². The number of hydrogen-bond acceptors (Lipinski definition) is 7. The van der Waals surface area contributed by atoms with Gasteiger partial charge in [-0.1, -0.05) is 0 Å². The lowest BCUT2D eigenvalue weighted by Crippen LogP contribution is -2.03. The Balaban J connectivity index is 1.60.